The van der Waals surface area contributed by atoms with E-state index < -0.39 is 11.6 Å². The van der Waals surface area contributed by atoms with E-state index in [1.54, 1.807) is 0 Å². The molecule has 0 spiro atoms. The van der Waals surface area contributed by atoms with Gasteiger partial charge in [0.15, 0.2) is 0 Å². The van der Waals surface area contributed by atoms with Gasteiger partial charge in [0.2, 0.25) is 0 Å². The molecule has 0 radical (unpaired) electrons. The zero-order chi connectivity index (χ0) is 10.8. The van der Waals surface area contributed by atoms with Crippen LogP contribution in [0.3, 0.4) is 0 Å². The lowest BCUT2D eigenvalue weighted by Gasteiger charge is -2.15. The molecule has 1 aliphatic carbocycles. The molecule has 0 aliphatic heterocycles. The van der Waals surface area contributed by atoms with Gasteiger partial charge >= 0.3 is 0 Å². The molecule has 0 bridgehead atoms. The van der Waals surface area contributed by atoms with Crippen LogP contribution >= 0.6 is 15.9 Å². The molecule has 1 fully saturated rings. The lowest BCUT2D eigenvalue weighted by Crippen LogP contribution is -2.16. The van der Waals surface area contributed by atoms with Gasteiger partial charge in [0.05, 0.1) is 0 Å². The van der Waals surface area contributed by atoms with Crippen molar-refractivity contribution in [3.05, 3.63) is 28.2 Å². The van der Waals surface area contributed by atoms with Gasteiger partial charge in [-0.15, -0.1) is 0 Å². The van der Waals surface area contributed by atoms with Gasteiger partial charge in [0.1, 0.15) is 17.3 Å². The minimum Gasteiger partial charge on any atom is -0.378 e. The van der Waals surface area contributed by atoms with Gasteiger partial charge in [-0.05, 0) is 25.0 Å². The molecular weight excluding hydrogens is 264 g/mol. The van der Waals surface area contributed by atoms with Crippen LogP contribution in [-0.4, -0.2) is 6.04 Å². The number of halogens is 3. The Labute approximate surface area is 96.0 Å². The molecule has 4 heteroatoms. The van der Waals surface area contributed by atoms with E-state index in [0.717, 1.165) is 25.7 Å². The van der Waals surface area contributed by atoms with Gasteiger partial charge in [-0.1, -0.05) is 28.8 Å². The fourth-order valence-corrected chi connectivity index (χ4v) is 2.36. The molecule has 0 amide bonds. The maximum Gasteiger partial charge on any atom is 0.150 e. The molecule has 0 atom stereocenters. The summed E-state index contributed by atoms with van der Waals surface area (Å²) in [7, 11) is 0. The first-order valence-corrected chi connectivity index (χ1v) is 5.87. The zero-order valence-electron chi connectivity index (χ0n) is 8.19. The van der Waals surface area contributed by atoms with Crippen molar-refractivity contribution in [2.75, 3.05) is 5.32 Å². The van der Waals surface area contributed by atoms with Gasteiger partial charge in [0, 0.05) is 10.5 Å². The van der Waals surface area contributed by atoms with Crippen molar-refractivity contribution in [1.29, 1.82) is 0 Å². The maximum absolute atomic E-state index is 13.4. The van der Waals surface area contributed by atoms with Crippen LogP contribution in [0.25, 0.3) is 0 Å². The molecular formula is C11H12BrF2N. The van der Waals surface area contributed by atoms with Crippen molar-refractivity contribution < 1.29 is 8.78 Å². The molecule has 82 valence electrons. The molecule has 0 unspecified atom stereocenters. The molecule has 1 aromatic rings. The number of hydrogen-bond acceptors (Lipinski definition) is 1. The van der Waals surface area contributed by atoms with Crippen molar-refractivity contribution in [3.63, 3.8) is 0 Å². The first-order chi connectivity index (χ1) is 7.16. The molecule has 0 heterocycles. The second-order valence-corrected chi connectivity index (χ2v) is 4.79. The minimum absolute atomic E-state index is 0.00472. The summed E-state index contributed by atoms with van der Waals surface area (Å²) < 4.78 is 27.3. The third-order valence-electron chi connectivity index (χ3n) is 2.71. The summed E-state index contributed by atoms with van der Waals surface area (Å²) >= 11 is 3.05. The van der Waals surface area contributed by atoms with E-state index in [4.69, 9.17) is 0 Å². The SMILES string of the molecule is Fc1cc(Br)cc(F)c1NC1CCCC1. The number of rotatable bonds is 2. The standard InChI is InChI=1S/C11H12BrF2N/c12-7-5-9(13)11(10(14)6-7)15-8-3-1-2-4-8/h5-6,8,15H,1-4H2. The summed E-state index contributed by atoms with van der Waals surface area (Å²) in [6.45, 7) is 0. The fourth-order valence-electron chi connectivity index (χ4n) is 1.95. The monoisotopic (exact) mass is 275 g/mol. The van der Waals surface area contributed by atoms with E-state index in [1.807, 2.05) is 0 Å². The largest absolute Gasteiger partial charge is 0.378 e. The molecule has 0 saturated heterocycles. The number of anilines is 1. The van der Waals surface area contributed by atoms with Crippen LogP contribution in [0.2, 0.25) is 0 Å². The van der Waals surface area contributed by atoms with E-state index in [1.165, 1.54) is 12.1 Å². The van der Waals surface area contributed by atoms with Crippen LogP contribution in [0.1, 0.15) is 25.7 Å². The van der Waals surface area contributed by atoms with Crippen LogP contribution in [0, 0.1) is 11.6 Å². The third-order valence-corrected chi connectivity index (χ3v) is 3.17. The Balaban J connectivity index is 2.19. The van der Waals surface area contributed by atoms with Crippen LogP contribution in [0.15, 0.2) is 16.6 Å². The van der Waals surface area contributed by atoms with Crippen molar-refractivity contribution >= 4 is 21.6 Å². The lowest BCUT2D eigenvalue weighted by atomic mass is 10.2. The van der Waals surface area contributed by atoms with E-state index >= 15 is 0 Å². The maximum atomic E-state index is 13.4. The van der Waals surface area contributed by atoms with Gasteiger partial charge in [0.25, 0.3) is 0 Å². The van der Waals surface area contributed by atoms with Gasteiger partial charge in [-0.3, -0.25) is 0 Å². The zero-order valence-corrected chi connectivity index (χ0v) is 9.78. The molecule has 1 aliphatic rings. The van der Waals surface area contributed by atoms with Gasteiger partial charge in [-0.25, -0.2) is 8.78 Å². The summed E-state index contributed by atoms with van der Waals surface area (Å²) in [6.07, 6.45) is 4.26. The van der Waals surface area contributed by atoms with E-state index in [9.17, 15) is 8.78 Å². The van der Waals surface area contributed by atoms with Gasteiger partial charge in [-0.2, -0.15) is 0 Å². The number of nitrogens with one attached hydrogen (secondary N) is 1. The molecule has 1 N–H and O–H groups in total. The normalized spacial score (nSPS) is 17.0. The van der Waals surface area contributed by atoms with Gasteiger partial charge < -0.3 is 5.32 Å². The topological polar surface area (TPSA) is 12.0 Å². The first-order valence-electron chi connectivity index (χ1n) is 5.08. The van der Waals surface area contributed by atoms with E-state index in [0.29, 0.717) is 4.47 Å². The van der Waals surface area contributed by atoms with Crippen LogP contribution in [0.4, 0.5) is 14.5 Å². The van der Waals surface area contributed by atoms with Crippen LogP contribution in [0.5, 0.6) is 0 Å². The van der Waals surface area contributed by atoms with Crippen molar-refractivity contribution in [2.24, 2.45) is 0 Å². The molecule has 1 aromatic carbocycles. The van der Waals surface area contributed by atoms with E-state index in [-0.39, 0.29) is 11.7 Å². The fraction of sp³-hybridized carbons (Fsp3) is 0.455. The lowest BCUT2D eigenvalue weighted by molar-refractivity contribution is 0.580. The van der Waals surface area contributed by atoms with Crippen molar-refractivity contribution in [1.82, 2.24) is 0 Å². The number of hydrogen-bond donors (Lipinski definition) is 1. The first kappa shape index (κ1) is 10.9. The van der Waals surface area contributed by atoms with Crippen molar-refractivity contribution in [2.45, 2.75) is 31.7 Å². The average Bonchev–Trinajstić information content (AvgIpc) is 2.63. The Morgan fingerprint density at radius 2 is 1.67 bits per heavy atom. The smallest absolute Gasteiger partial charge is 0.150 e. The summed E-state index contributed by atoms with van der Waals surface area (Å²) in [5.74, 6) is -1.07. The highest BCUT2D eigenvalue weighted by Gasteiger charge is 2.18. The molecule has 1 nitrogen and oxygen atoms in total. The predicted molar refractivity (Wildman–Crippen MR) is 59.9 cm³/mol. The minimum atomic E-state index is -0.534. The molecule has 15 heavy (non-hydrogen) atoms. The summed E-state index contributed by atoms with van der Waals surface area (Å²) in [5, 5.41) is 2.93. The Hall–Kier alpha value is -0.640. The third kappa shape index (κ3) is 2.48. The van der Waals surface area contributed by atoms with Crippen molar-refractivity contribution in [3.8, 4) is 0 Å². The Morgan fingerprint density at radius 3 is 2.20 bits per heavy atom. The second-order valence-electron chi connectivity index (χ2n) is 3.87. The molecule has 2 rings (SSSR count). The summed E-state index contributed by atoms with van der Waals surface area (Å²) in [4.78, 5) is 0. The number of benzene rings is 1. The predicted octanol–water partition coefficient (Wildman–Crippen LogP) is 4.08. The average molecular weight is 276 g/mol. The highest BCUT2D eigenvalue weighted by atomic mass is 79.9. The summed E-state index contributed by atoms with van der Waals surface area (Å²) in [6, 6.07) is 2.77. The Bertz CT molecular complexity index is 339. The molecule has 0 aromatic heterocycles. The Morgan fingerprint density at radius 1 is 1.13 bits per heavy atom. The molecule has 1 saturated carbocycles. The highest BCUT2D eigenvalue weighted by molar-refractivity contribution is 9.10. The van der Waals surface area contributed by atoms with Crippen LogP contribution < -0.4 is 5.32 Å². The van der Waals surface area contributed by atoms with Crippen LogP contribution in [-0.2, 0) is 0 Å². The van der Waals surface area contributed by atoms with E-state index in [2.05, 4.69) is 21.2 Å². The summed E-state index contributed by atoms with van der Waals surface area (Å²) in [5.41, 5.74) is 0.00472. The second kappa shape index (κ2) is 4.47. The quantitative estimate of drug-likeness (QED) is 0.858. The Kier molecular flexibility index (Phi) is 3.24. The highest BCUT2D eigenvalue weighted by Crippen LogP contribution is 2.28.